The van der Waals surface area contributed by atoms with Crippen LogP contribution >= 0.6 is 0 Å². The van der Waals surface area contributed by atoms with E-state index >= 15 is 0 Å². The van der Waals surface area contributed by atoms with Crippen molar-refractivity contribution in [3.63, 3.8) is 0 Å². The minimum Gasteiger partial charge on any atom is -0.326 e. The maximum absolute atomic E-state index is 4.53. The van der Waals surface area contributed by atoms with Crippen molar-refractivity contribution in [3.8, 4) is 0 Å². The maximum atomic E-state index is 4.53. The lowest BCUT2D eigenvalue weighted by Gasteiger charge is -2.22. The number of benzene rings is 1. The van der Waals surface area contributed by atoms with Crippen molar-refractivity contribution in [2.45, 2.75) is 44.7 Å². The van der Waals surface area contributed by atoms with E-state index < -0.39 is 0 Å². The van der Waals surface area contributed by atoms with Crippen molar-refractivity contribution in [3.05, 3.63) is 54.1 Å². The lowest BCUT2D eigenvalue weighted by atomic mass is 10.1. The number of hydrogen-bond donors (Lipinski definition) is 1. The molecule has 20 heavy (non-hydrogen) atoms. The molecule has 0 aliphatic heterocycles. The largest absolute Gasteiger partial charge is 0.326 e. The van der Waals surface area contributed by atoms with Crippen LogP contribution in [0.5, 0.6) is 0 Å². The molecule has 0 amide bonds. The summed E-state index contributed by atoms with van der Waals surface area (Å²) in [6.07, 6.45) is 8.88. The molecule has 1 N–H and O–H groups in total. The predicted octanol–water partition coefficient (Wildman–Crippen LogP) is 3.18. The standard InChI is InChI=1S/C17H23N3/c1-2-6-17-18-11-12-20(17)16(13-19-15-9-10-15)14-7-4-3-5-8-14/h3-5,7-8,11-12,15-16,19H,2,6,9-10,13H2,1H3. The molecule has 1 aromatic carbocycles. The second-order valence-corrected chi connectivity index (χ2v) is 5.61. The normalized spacial score (nSPS) is 16.2. The van der Waals surface area contributed by atoms with Crippen LogP contribution < -0.4 is 5.32 Å². The zero-order valence-corrected chi connectivity index (χ0v) is 12.1. The van der Waals surface area contributed by atoms with Gasteiger partial charge in [-0.1, -0.05) is 37.3 Å². The highest BCUT2D eigenvalue weighted by Gasteiger charge is 2.23. The third kappa shape index (κ3) is 3.10. The highest BCUT2D eigenvalue weighted by atomic mass is 15.1. The number of nitrogens with one attached hydrogen (secondary N) is 1. The Bertz CT molecular complexity index is 528. The van der Waals surface area contributed by atoms with Crippen LogP contribution in [0.15, 0.2) is 42.7 Å². The summed E-state index contributed by atoms with van der Waals surface area (Å²) in [6, 6.07) is 11.8. The molecule has 0 radical (unpaired) electrons. The zero-order chi connectivity index (χ0) is 13.8. The van der Waals surface area contributed by atoms with Crippen molar-refractivity contribution < 1.29 is 0 Å². The third-order valence-electron chi connectivity index (χ3n) is 3.92. The fourth-order valence-electron chi connectivity index (χ4n) is 2.66. The summed E-state index contributed by atoms with van der Waals surface area (Å²) in [5, 5.41) is 3.66. The molecule has 1 unspecified atom stereocenters. The van der Waals surface area contributed by atoms with E-state index in [9.17, 15) is 0 Å². The molecule has 1 heterocycles. The summed E-state index contributed by atoms with van der Waals surface area (Å²) in [6.45, 7) is 3.20. The van der Waals surface area contributed by atoms with Crippen LogP contribution in [-0.4, -0.2) is 22.1 Å². The van der Waals surface area contributed by atoms with Gasteiger partial charge < -0.3 is 9.88 Å². The van der Waals surface area contributed by atoms with Gasteiger partial charge in [0.2, 0.25) is 0 Å². The van der Waals surface area contributed by atoms with Crippen LogP contribution in [0.3, 0.4) is 0 Å². The highest BCUT2D eigenvalue weighted by Crippen LogP contribution is 2.23. The van der Waals surface area contributed by atoms with E-state index in [-0.39, 0.29) is 0 Å². The molecule has 0 saturated heterocycles. The van der Waals surface area contributed by atoms with E-state index in [2.05, 4.69) is 58.3 Å². The average molecular weight is 269 g/mol. The molecule has 3 nitrogen and oxygen atoms in total. The molecule has 0 bridgehead atoms. The van der Waals surface area contributed by atoms with Crippen molar-refractivity contribution in [1.29, 1.82) is 0 Å². The van der Waals surface area contributed by atoms with Gasteiger partial charge in [0.15, 0.2) is 0 Å². The molecule has 1 atom stereocenters. The third-order valence-corrected chi connectivity index (χ3v) is 3.92. The molecule has 1 aromatic heterocycles. The predicted molar refractivity (Wildman–Crippen MR) is 81.8 cm³/mol. The first-order valence-corrected chi connectivity index (χ1v) is 7.68. The summed E-state index contributed by atoms with van der Waals surface area (Å²) >= 11 is 0. The zero-order valence-electron chi connectivity index (χ0n) is 12.1. The summed E-state index contributed by atoms with van der Waals surface area (Å²) in [5.74, 6) is 1.19. The van der Waals surface area contributed by atoms with Gasteiger partial charge in [-0.05, 0) is 24.8 Å². The maximum Gasteiger partial charge on any atom is 0.109 e. The molecule has 106 valence electrons. The van der Waals surface area contributed by atoms with E-state index in [1.54, 1.807) is 0 Å². The molecule has 3 heteroatoms. The average Bonchev–Trinajstić information content (AvgIpc) is 3.20. The van der Waals surface area contributed by atoms with Crippen molar-refractivity contribution in [2.75, 3.05) is 6.54 Å². The highest BCUT2D eigenvalue weighted by molar-refractivity contribution is 5.21. The summed E-state index contributed by atoms with van der Waals surface area (Å²) in [4.78, 5) is 4.53. The number of imidazole rings is 1. The minimum atomic E-state index is 0.348. The summed E-state index contributed by atoms with van der Waals surface area (Å²) < 4.78 is 2.34. The minimum absolute atomic E-state index is 0.348. The van der Waals surface area contributed by atoms with Gasteiger partial charge in [0.05, 0.1) is 6.04 Å². The molecule has 1 aliphatic carbocycles. The lowest BCUT2D eigenvalue weighted by Crippen LogP contribution is -2.28. The Labute approximate surface area is 121 Å². The van der Waals surface area contributed by atoms with E-state index in [0.29, 0.717) is 6.04 Å². The number of rotatable bonds is 7. The van der Waals surface area contributed by atoms with Crippen LogP contribution in [0.2, 0.25) is 0 Å². The Hall–Kier alpha value is -1.61. The van der Waals surface area contributed by atoms with Crippen molar-refractivity contribution in [1.82, 2.24) is 14.9 Å². The number of aryl methyl sites for hydroxylation is 1. The van der Waals surface area contributed by atoms with Gasteiger partial charge >= 0.3 is 0 Å². The van der Waals surface area contributed by atoms with Crippen molar-refractivity contribution >= 4 is 0 Å². The smallest absolute Gasteiger partial charge is 0.109 e. The molecule has 0 spiro atoms. The quantitative estimate of drug-likeness (QED) is 0.836. The molecular weight excluding hydrogens is 246 g/mol. The second kappa shape index (κ2) is 6.23. The van der Waals surface area contributed by atoms with Gasteiger partial charge in [-0.25, -0.2) is 4.98 Å². The Morgan fingerprint density at radius 3 is 2.80 bits per heavy atom. The van der Waals surface area contributed by atoms with E-state index in [1.807, 2.05) is 6.20 Å². The Kier molecular flexibility index (Phi) is 4.16. The molecule has 1 fully saturated rings. The number of aromatic nitrogens is 2. The molecular formula is C17H23N3. The molecule has 1 saturated carbocycles. The number of hydrogen-bond acceptors (Lipinski definition) is 2. The van der Waals surface area contributed by atoms with E-state index in [1.165, 1.54) is 24.2 Å². The van der Waals surface area contributed by atoms with Gasteiger partial charge in [0, 0.05) is 31.4 Å². The molecule has 2 aromatic rings. The molecule has 3 rings (SSSR count). The van der Waals surface area contributed by atoms with E-state index in [4.69, 9.17) is 0 Å². The number of nitrogens with zero attached hydrogens (tertiary/aromatic N) is 2. The van der Waals surface area contributed by atoms with E-state index in [0.717, 1.165) is 25.4 Å². The topological polar surface area (TPSA) is 29.9 Å². The Balaban J connectivity index is 1.85. The van der Waals surface area contributed by atoms with Gasteiger partial charge in [-0.3, -0.25) is 0 Å². The summed E-state index contributed by atoms with van der Waals surface area (Å²) in [7, 11) is 0. The van der Waals surface area contributed by atoms with Gasteiger partial charge in [-0.2, -0.15) is 0 Å². The van der Waals surface area contributed by atoms with Crippen molar-refractivity contribution in [2.24, 2.45) is 0 Å². The second-order valence-electron chi connectivity index (χ2n) is 5.61. The first-order chi connectivity index (χ1) is 9.88. The van der Waals surface area contributed by atoms with Crippen LogP contribution in [-0.2, 0) is 6.42 Å². The van der Waals surface area contributed by atoms with Gasteiger partial charge in [-0.15, -0.1) is 0 Å². The first-order valence-electron chi connectivity index (χ1n) is 7.68. The van der Waals surface area contributed by atoms with Gasteiger partial charge in [0.1, 0.15) is 5.82 Å². The molecule has 1 aliphatic rings. The summed E-state index contributed by atoms with van der Waals surface area (Å²) in [5.41, 5.74) is 1.36. The van der Waals surface area contributed by atoms with Crippen LogP contribution in [0.25, 0.3) is 0 Å². The Morgan fingerprint density at radius 2 is 2.10 bits per heavy atom. The van der Waals surface area contributed by atoms with Crippen LogP contribution in [0.1, 0.15) is 43.6 Å². The fourth-order valence-corrected chi connectivity index (χ4v) is 2.66. The Morgan fingerprint density at radius 1 is 1.30 bits per heavy atom. The lowest BCUT2D eigenvalue weighted by molar-refractivity contribution is 0.501. The van der Waals surface area contributed by atoms with Crippen LogP contribution in [0.4, 0.5) is 0 Å². The SMILES string of the molecule is CCCc1nccn1C(CNC1CC1)c1ccccc1. The van der Waals surface area contributed by atoms with Gasteiger partial charge in [0.25, 0.3) is 0 Å². The van der Waals surface area contributed by atoms with Crippen LogP contribution in [0, 0.1) is 0 Å². The monoisotopic (exact) mass is 269 g/mol. The first kappa shape index (κ1) is 13.4. The fraction of sp³-hybridized carbons (Fsp3) is 0.471.